The van der Waals surface area contributed by atoms with E-state index >= 15 is 0 Å². The summed E-state index contributed by atoms with van der Waals surface area (Å²) in [6, 6.07) is 2.64. The third kappa shape index (κ3) is 4.10. The van der Waals surface area contributed by atoms with Crippen LogP contribution in [0.1, 0.15) is 12.5 Å². The highest BCUT2D eigenvalue weighted by Gasteiger charge is 2.33. The molecule has 0 saturated heterocycles. The number of amides is 1. The fraction of sp³-hybridized carbons (Fsp3) is 0.417. The minimum Gasteiger partial charge on any atom is -0.357 e. The van der Waals surface area contributed by atoms with E-state index in [-0.39, 0.29) is 5.69 Å². The second kappa shape index (κ2) is 5.92. The lowest BCUT2D eigenvalue weighted by molar-refractivity contribution is -0.137. The van der Waals surface area contributed by atoms with E-state index in [2.05, 4.69) is 5.32 Å². The van der Waals surface area contributed by atoms with Gasteiger partial charge in [0, 0.05) is 7.05 Å². The molecule has 0 heterocycles. The Morgan fingerprint density at radius 1 is 1.33 bits per heavy atom. The summed E-state index contributed by atoms with van der Waals surface area (Å²) in [5.41, 5.74) is -1.21. The van der Waals surface area contributed by atoms with Crippen LogP contribution in [-0.4, -0.2) is 33.7 Å². The van der Waals surface area contributed by atoms with Gasteiger partial charge in [-0.25, -0.2) is 8.42 Å². The molecule has 0 saturated carbocycles. The standard InChI is InChI=1S/C12H15F3N2O3S/c1-8(11(18)16-2)17(21(3,19)20)10-6-4-5-9(7-10)12(13,14)15/h4-8H,1-3H3,(H,16,18). The molecule has 0 radical (unpaired) electrons. The Balaban J connectivity index is 3.39. The predicted octanol–water partition coefficient (Wildman–Crippen LogP) is 1.61. The van der Waals surface area contributed by atoms with E-state index in [9.17, 15) is 26.4 Å². The Kier molecular flexibility index (Phi) is 4.87. The number of anilines is 1. The molecule has 0 aromatic heterocycles. The zero-order valence-corrected chi connectivity index (χ0v) is 12.4. The number of benzene rings is 1. The lowest BCUT2D eigenvalue weighted by Crippen LogP contribution is -2.47. The van der Waals surface area contributed by atoms with Crippen LogP contribution < -0.4 is 9.62 Å². The van der Waals surface area contributed by atoms with E-state index in [1.165, 1.54) is 20.0 Å². The van der Waals surface area contributed by atoms with Gasteiger partial charge in [-0.2, -0.15) is 13.2 Å². The van der Waals surface area contributed by atoms with Gasteiger partial charge in [0.05, 0.1) is 17.5 Å². The fourth-order valence-electron chi connectivity index (χ4n) is 1.84. The maximum Gasteiger partial charge on any atom is 0.416 e. The molecule has 1 atom stereocenters. The Labute approximate surface area is 120 Å². The molecule has 0 bridgehead atoms. The number of carbonyl (C=O) groups excluding carboxylic acids is 1. The van der Waals surface area contributed by atoms with Crippen LogP contribution in [0.25, 0.3) is 0 Å². The van der Waals surface area contributed by atoms with Crippen molar-refractivity contribution < 1.29 is 26.4 Å². The number of halogens is 3. The number of likely N-dealkylation sites (N-methyl/N-ethyl adjacent to an activating group) is 1. The smallest absolute Gasteiger partial charge is 0.357 e. The topological polar surface area (TPSA) is 66.5 Å². The normalized spacial score (nSPS) is 13.6. The largest absolute Gasteiger partial charge is 0.416 e. The lowest BCUT2D eigenvalue weighted by atomic mass is 10.2. The molecule has 9 heteroatoms. The van der Waals surface area contributed by atoms with Crippen LogP contribution in [0.3, 0.4) is 0 Å². The van der Waals surface area contributed by atoms with Crippen molar-refractivity contribution in [1.29, 1.82) is 0 Å². The highest BCUT2D eigenvalue weighted by atomic mass is 32.2. The van der Waals surface area contributed by atoms with Crippen molar-refractivity contribution in [2.24, 2.45) is 0 Å². The Hall–Kier alpha value is -1.77. The van der Waals surface area contributed by atoms with Gasteiger partial charge in [-0.1, -0.05) is 6.07 Å². The van der Waals surface area contributed by atoms with Crippen LogP contribution >= 0.6 is 0 Å². The minimum atomic E-state index is -4.60. The van der Waals surface area contributed by atoms with E-state index in [0.717, 1.165) is 18.4 Å². The van der Waals surface area contributed by atoms with Crippen molar-refractivity contribution in [2.45, 2.75) is 19.1 Å². The van der Waals surface area contributed by atoms with E-state index in [1.54, 1.807) is 0 Å². The van der Waals surface area contributed by atoms with Gasteiger partial charge >= 0.3 is 6.18 Å². The summed E-state index contributed by atoms with van der Waals surface area (Å²) < 4.78 is 62.4. The Bertz CT molecular complexity index is 629. The number of sulfonamides is 1. The molecule has 0 spiro atoms. The van der Waals surface area contributed by atoms with Crippen molar-refractivity contribution in [2.75, 3.05) is 17.6 Å². The molecule has 1 N–H and O–H groups in total. The molecule has 0 aliphatic carbocycles. The van der Waals surface area contributed by atoms with Crippen LogP contribution in [-0.2, 0) is 21.0 Å². The quantitative estimate of drug-likeness (QED) is 0.915. The van der Waals surface area contributed by atoms with Crippen LogP contribution in [0.4, 0.5) is 18.9 Å². The molecule has 21 heavy (non-hydrogen) atoms. The Morgan fingerprint density at radius 2 is 1.90 bits per heavy atom. The first-order valence-electron chi connectivity index (χ1n) is 5.86. The number of hydrogen-bond acceptors (Lipinski definition) is 3. The first-order chi connectivity index (χ1) is 9.48. The predicted molar refractivity (Wildman–Crippen MR) is 72.3 cm³/mol. The first-order valence-corrected chi connectivity index (χ1v) is 7.71. The van der Waals surface area contributed by atoms with Gasteiger partial charge in [0.25, 0.3) is 0 Å². The van der Waals surface area contributed by atoms with Gasteiger partial charge in [0.15, 0.2) is 0 Å². The second-order valence-corrected chi connectivity index (χ2v) is 6.26. The molecule has 1 unspecified atom stereocenters. The summed E-state index contributed by atoms with van der Waals surface area (Å²) in [6.07, 6.45) is -3.78. The number of nitrogens with zero attached hydrogens (tertiary/aromatic N) is 1. The zero-order chi connectivity index (χ0) is 16.4. The van der Waals surface area contributed by atoms with E-state index < -0.39 is 33.7 Å². The SMILES string of the molecule is CNC(=O)C(C)N(c1cccc(C(F)(F)F)c1)S(C)(=O)=O. The van der Waals surface area contributed by atoms with Crippen molar-refractivity contribution in [3.63, 3.8) is 0 Å². The monoisotopic (exact) mass is 324 g/mol. The average Bonchev–Trinajstić information content (AvgIpc) is 2.35. The van der Waals surface area contributed by atoms with Crippen LogP contribution in [0, 0.1) is 0 Å². The van der Waals surface area contributed by atoms with Gasteiger partial charge in [0.2, 0.25) is 15.9 Å². The summed E-state index contributed by atoms with van der Waals surface area (Å²) in [5.74, 6) is -0.627. The van der Waals surface area contributed by atoms with Crippen molar-refractivity contribution in [3.05, 3.63) is 29.8 Å². The molecule has 1 amide bonds. The molecule has 118 valence electrons. The molecule has 1 rings (SSSR count). The van der Waals surface area contributed by atoms with Crippen LogP contribution in [0.2, 0.25) is 0 Å². The third-order valence-corrected chi connectivity index (χ3v) is 4.00. The van der Waals surface area contributed by atoms with Crippen molar-refractivity contribution in [1.82, 2.24) is 5.32 Å². The summed E-state index contributed by atoms with van der Waals surface area (Å²) >= 11 is 0. The molecular formula is C12H15F3N2O3S. The molecule has 5 nitrogen and oxygen atoms in total. The molecule has 1 aromatic carbocycles. The maximum atomic E-state index is 12.7. The van der Waals surface area contributed by atoms with Gasteiger partial charge in [-0.05, 0) is 25.1 Å². The van der Waals surface area contributed by atoms with Gasteiger partial charge in [0.1, 0.15) is 6.04 Å². The van der Waals surface area contributed by atoms with E-state index in [0.29, 0.717) is 10.4 Å². The first kappa shape index (κ1) is 17.3. The average molecular weight is 324 g/mol. The number of hydrogen-bond donors (Lipinski definition) is 1. The zero-order valence-electron chi connectivity index (χ0n) is 11.6. The summed E-state index contributed by atoms with van der Waals surface area (Å²) in [7, 11) is -2.62. The molecule has 0 aliphatic rings. The number of alkyl halides is 3. The molecule has 0 fully saturated rings. The van der Waals surface area contributed by atoms with E-state index in [4.69, 9.17) is 0 Å². The van der Waals surface area contributed by atoms with Crippen molar-refractivity contribution in [3.8, 4) is 0 Å². The minimum absolute atomic E-state index is 0.219. The highest BCUT2D eigenvalue weighted by molar-refractivity contribution is 7.92. The number of carbonyl (C=O) groups is 1. The van der Waals surface area contributed by atoms with Crippen LogP contribution in [0.5, 0.6) is 0 Å². The molecular weight excluding hydrogens is 309 g/mol. The number of nitrogens with one attached hydrogen (secondary N) is 1. The third-order valence-electron chi connectivity index (χ3n) is 2.76. The maximum absolute atomic E-state index is 12.7. The summed E-state index contributed by atoms with van der Waals surface area (Å²) in [4.78, 5) is 11.6. The summed E-state index contributed by atoms with van der Waals surface area (Å²) in [6.45, 7) is 1.29. The van der Waals surface area contributed by atoms with Crippen LogP contribution in [0.15, 0.2) is 24.3 Å². The highest BCUT2D eigenvalue weighted by Crippen LogP contribution is 2.32. The lowest BCUT2D eigenvalue weighted by Gasteiger charge is -2.28. The van der Waals surface area contributed by atoms with E-state index in [1.807, 2.05) is 0 Å². The number of rotatable bonds is 4. The molecule has 1 aromatic rings. The van der Waals surface area contributed by atoms with Gasteiger partial charge < -0.3 is 5.32 Å². The van der Waals surface area contributed by atoms with Gasteiger partial charge in [-0.15, -0.1) is 0 Å². The van der Waals surface area contributed by atoms with Gasteiger partial charge in [-0.3, -0.25) is 9.10 Å². The molecule has 0 aliphatic heterocycles. The summed E-state index contributed by atoms with van der Waals surface area (Å²) in [5, 5.41) is 2.26. The second-order valence-electron chi connectivity index (χ2n) is 4.40. The Morgan fingerprint density at radius 3 is 2.33 bits per heavy atom. The van der Waals surface area contributed by atoms with Crippen molar-refractivity contribution >= 4 is 21.6 Å². The fourth-order valence-corrected chi connectivity index (χ4v) is 3.00.